The van der Waals surface area contributed by atoms with Crippen molar-refractivity contribution in [3.8, 4) is 0 Å². The zero-order valence-corrected chi connectivity index (χ0v) is 8.73. The Morgan fingerprint density at radius 3 is 2.93 bits per heavy atom. The number of hydrogen-bond acceptors (Lipinski definition) is 4. The van der Waals surface area contributed by atoms with E-state index in [1.807, 2.05) is 20.2 Å². The van der Waals surface area contributed by atoms with Crippen molar-refractivity contribution in [3.63, 3.8) is 0 Å². The fraction of sp³-hybridized carbons (Fsp3) is 0.333. The molecule has 2 aromatic rings. The van der Waals surface area contributed by atoms with Crippen molar-refractivity contribution in [2.24, 2.45) is 7.05 Å². The molecule has 2 rings (SSSR count). The lowest BCUT2D eigenvalue weighted by atomic mass is 10.2. The molecule has 0 amide bonds. The summed E-state index contributed by atoms with van der Waals surface area (Å²) in [4.78, 5) is 0. The van der Waals surface area contributed by atoms with Crippen LogP contribution in [-0.4, -0.2) is 20.0 Å². The van der Waals surface area contributed by atoms with E-state index in [0.717, 1.165) is 5.56 Å². The van der Waals surface area contributed by atoms with Gasteiger partial charge in [0.15, 0.2) is 5.82 Å². The van der Waals surface area contributed by atoms with Crippen molar-refractivity contribution < 1.29 is 0 Å². The van der Waals surface area contributed by atoms with Gasteiger partial charge in [0.25, 0.3) is 0 Å². The van der Waals surface area contributed by atoms with Gasteiger partial charge in [-0.15, -0.1) is 0 Å². The maximum absolute atomic E-state index is 5.77. The van der Waals surface area contributed by atoms with Crippen LogP contribution in [0.2, 0.25) is 0 Å². The highest BCUT2D eigenvalue weighted by molar-refractivity contribution is 5.60. The zero-order valence-electron chi connectivity index (χ0n) is 8.73. The molecule has 0 aliphatic rings. The Morgan fingerprint density at radius 1 is 1.60 bits per heavy atom. The smallest absolute Gasteiger partial charge is 0.171 e. The highest BCUT2D eigenvalue weighted by atomic mass is 15.3. The van der Waals surface area contributed by atoms with Crippen LogP contribution in [0.4, 0.5) is 11.5 Å². The van der Waals surface area contributed by atoms with Gasteiger partial charge in [-0.2, -0.15) is 10.2 Å². The van der Waals surface area contributed by atoms with Crippen LogP contribution in [0.5, 0.6) is 0 Å². The van der Waals surface area contributed by atoms with Crippen molar-refractivity contribution >= 4 is 11.5 Å². The highest BCUT2D eigenvalue weighted by Gasteiger charge is 2.10. The number of aromatic nitrogens is 4. The van der Waals surface area contributed by atoms with Crippen molar-refractivity contribution in [3.05, 3.63) is 24.2 Å². The summed E-state index contributed by atoms with van der Waals surface area (Å²) in [6, 6.07) is 0.126. The van der Waals surface area contributed by atoms with Crippen molar-refractivity contribution in [2.75, 3.05) is 11.1 Å². The first-order valence-electron chi connectivity index (χ1n) is 4.71. The monoisotopic (exact) mass is 206 g/mol. The van der Waals surface area contributed by atoms with Crippen LogP contribution in [0.15, 0.2) is 18.6 Å². The number of aromatic amines is 1. The molecule has 0 aromatic carbocycles. The van der Waals surface area contributed by atoms with Crippen LogP contribution in [0.1, 0.15) is 18.5 Å². The second-order valence-corrected chi connectivity index (χ2v) is 3.50. The number of nitrogens with one attached hydrogen (secondary N) is 2. The topological polar surface area (TPSA) is 84.6 Å². The van der Waals surface area contributed by atoms with Gasteiger partial charge in [0, 0.05) is 25.0 Å². The lowest BCUT2D eigenvalue weighted by Gasteiger charge is -2.11. The second kappa shape index (κ2) is 3.64. The lowest BCUT2D eigenvalue weighted by Crippen LogP contribution is -2.07. The zero-order chi connectivity index (χ0) is 10.8. The van der Waals surface area contributed by atoms with Gasteiger partial charge in [-0.1, -0.05) is 0 Å². The predicted octanol–water partition coefficient (Wildman–Crippen LogP) is 0.898. The van der Waals surface area contributed by atoms with Gasteiger partial charge in [0.1, 0.15) is 0 Å². The van der Waals surface area contributed by atoms with E-state index in [2.05, 4.69) is 20.6 Å². The summed E-state index contributed by atoms with van der Waals surface area (Å²) >= 11 is 0. The molecule has 0 radical (unpaired) electrons. The van der Waals surface area contributed by atoms with Crippen molar-refractivity contribution in [1.29, 1.82) is 0 Å². The number of nitrogens with two attached hydrogens (primary N) is 1. The van der Waals surface area contributed by atoms with Crippen molar-refractivity contribution in [1.82, 2.24) is 20.0 Å². The maximum Gasteiger partial charge on any atom is 0.171 e. The average molecular weight is 206 g/mol. The highest BCUT2D eigenvalue weighted by Crippen LogP contribution is 2.21. The minimum Gasteiger partial charge on any atom is -0.394 e. The molecule has 4 N–H and O–H groups in total. The van der Waals surface area contributed by atoms with Gasteiger partial charge in [0.05, 0.1) is 17.9 Å². The summed E-state index contributed by atoms with van der Waals surface area (Å²) in [6.45, 7) is 2.03. The third-order valence-corrected chi connectivity index (χ3v) is 2.23. The largest absolute Gasteiger partial charge is 0.394 e. The molecule has 6 heteroatoms. The fourth-order valence-electron chi connectivity index (χ4n) is 1.41. The number of nitrogen functional groups attached to an aromatic ring is 1. The van der Waals surface area contributed by atoms with E-state index in [1.165, 1.54) is 0 Å². The van der Waals surface area contributed by atoms with E-state index in [-0.39, 0.29) is 6.04 Å². The molecule has 0 spiro atoms. The van der Waals surface area contributed by atoms with E-state index in [1.54, 1.807) is 17.1 Å². The first-order valence-corrected chi connectivity index (χ1v) is 4.71. The Labute approximate surface area is 87.5 Å². The normalized spacial score (nSPS) is 12.7. The second-order valence-electron chi connectivity index (χ2n) is 3.50. The summed E-state index contributed by atoms with van der Waals surface area (Å²) in [5.41, 5.74) is 7.49. The van der Waals surface area contributed by atoms with Crippen LogP contribution in [0.25, 0.3) is 0 Å². The third kappa shape index (κ3) is 1.93. The molecule has 0 aliphatic carbocycles. The predicted molar refractivity (Wildman–Crippen MR) is 58.2 cm³/mol. The van der Waals surface area contributed by atoms with Gasteiger partial charge in [0.2, 0.25) is 0 Å². The van der Waals surface area contributed by atoms with Crippen LogP contribution >= 0.6 is 0 Å². The van der Waals surface area contributed by atoms with Crippen molar-refractivity contribution in [2.45, 2.75) is 13.0 Å². The number of nitrogens with zero attached hydrogens (tertiary/aromatic N) is 3. The first kappa shape index (κ1) is 9.57. The molecule has 0 aliphatic heterocycles. The molecule has 0 bridgehead atoms. The van der Waals surface area contributed by atoms with Gasteiger partial charge < -0.3 is 11.1 Å². The molecular weight excluding hydrogens is 192 g/mol. The quantitative estimate of drug-likeness (QED) is 0.696. The maximum atomic E-state index is 5.77. The Kier molecular flexibility index (Phi) is 2.32. The third-order valence-electron chi connectivity index (χ3n) is 2.23. The SMILES string of the molecule is CC(Nc1nn(C)cc1N)c1cn[nH]c1. The first-order chi connectivity index (χ1) is 7.16. The Bertz CT molecular complexity index is 429. The molecule has 2 heterocycles. The van der Waals surface area contributed by atoms with Gasteiger partial charge >= 0.3 is 0 Å². The summed E-state index contributed by atoms with van der Waals surface area (Å²) in [5, 5.41) is 14.1. The fourth-order valence-corrected chi connectivity index (χ4v) is 1.41. The van der Waals surface area contributed by atoms with E-state index in [9.17, 15) is 0 Å². The number of H-pyrrole nitrogens is 1. The molecule has 0 saturated carbocycles. The van der Waals surface area contributed by atoms with Crippen LogP contribution in [0.3, 0.4) is 0 Å². The van der Waals surface area contributed by atoms with Crippen LogP contribution < -0.4 is 11.1 Å². The molecule has 1 atom stereocenters. The molecule has 15 heavy (non-hydrogen) atoms. The molecule has 2 aromatic heterocycles. The Morgan fingerprint density at radius 2 is 2.40 bits per heavy atom. The van der Waals surface area contributed by atoms with Gasteiger partial charge in [-0.3, -0.25) is 9.78 Å². The molecule has 1 unspecified atom stereocenters. The molecule has 0 saturated heterocycles. The van der Waals surface area contributed by atoms with Gasteiger partial charge in [-0.05, 0) is 6.92 Å². The number of rotatable bonds is 3. The number of anilines is 2. The average Bonchev–Trinajstić information content (AvgIpc) is 2.76. The summed E-state index contributed by atoms with van der Waals surface area (Å²) in [5.74, 6) is 0.700. The Balaban J connectivity index is 2.12. The van der Waals surface area contributed by atoms with E-state index >= 15 is 0 Å². The summed E-state index contributed by atoms with van der Waals surface area (Å²) in [7, 11) is 1.84. The molecule has 0 fully saturated rings. The van der Waals surface area contributed by atoms with Crippen LogP contribution in [0, 0.1) is 0 Å². The molecule has 6 nitrogen and oxygen atoms in total. The summed E-state index contributed by atoms with van der Waals surface area (Å²) < 4.78 is 1.68. The Hall–Kier alpha value is -1.98. The minimum atomic E-state index is 0.126. The van der Waals surface area contributed by atoms with E-state index < -0.39 is 0 Å². The molecule has 80 valence electrons. The van der Waals surface area contributed by atoms with Crippen LogP contribution in [-0.2, 0) is 7.05 Å². The lowest BCUT2D eigenvalue weighted by molar-refractivity contribution is 0.760. The number of hydrogen-bond donors (Lipinski definition) is 3. The van der Waals surface area contributed by atoms with Gasteiger partial charge in [-0.25, -0.2) is 0 Å². The summed E-state index contributed by atoms with van der Waals surface area (Å²) in [6.07, 6.45) is 5.39. The minimum absolute atomic E-state index is 0.126. The molecular formula is C9H14N6. The number of aryl methyl sites for hydroxylation is 1. The van der Waals surface area contributed by atoms with E-state index in [0.29, 0.717) is 11.5 Å². The standard InChI is InChI=1S/C9H14N6/c1-6(7-3-11-12-4-7)13-9-8(10)5-15(2)14-9/h3-6H,10H2,1-2H3,(H,11,12)(H,13,14). The van der Waals surface area contributed by atoms with E-state index in [4.69, 9.17) is 5.73 Å².